The monoisotopic (exact) mass is 286 g/mol. The maximum Gasteiger partial charge on any atom is 0.223 e. The number of nitrogens with one attached hydrogen (secondary N) is 1. The zero-order chi connectivity index (χ0) is 15.2. The van der Waals surface area contributed by atoms with Crippen LogP contribution in [0.2, 0.25) is 0 Å². The summed E-state index contributed by atoms with van der Waals surface area (Å²) in [5.41, 5.74) is 1.16. The van der Waals surface area contributed by atoms with Crippen LogP contribution < -0.4 is 5.32 Å². The average Bonchev–Trinajstić information content (AvgIpc) is 2.47. The van der Waals surface area contributed by atoms with Crippen molar-refractivity contribution < 1.29 is 4.79 Å². The third kappa shape index (κ3) is 4.59. The Balaban J connectivity index is 1.85. The molecule has 21 heavy (non-hydrogen) atoms. The van der Waals surface area contributed by atoms with Crippen LogP contribution in [0.4, 0.5) is 0 Å². The van der Waals surface area contributed by atoms with E-state index in [9.17, 15) is 4.79 Å². The molecule has 0 bridgehead atoms. The van der Waals surface area contributed by atoms with E-state index in [1.54, 1.807) is 0 Å². The average molecular weight is 286 g/mol. The van der Waals surface area contributed by atoms with E-state index in [2.05, 4.69) is 44.6 Å². The highest BCUT2D eigenvalue weighted by atomic mass is 16.1. The first-order chi connectivity index (χ1) is 10.1. The summed E-state index contributed by atoms with van der Waals surface area (Å²) < 4.78 is 0. The van der Waals surface area contributed by atoms with Crippen LogP contribution in [0.1, 0.15) is 45.6 Å². The van der Waals surface area contributed by atoms with Crippen molar-refractivity contribution in [3.8, 4) is 0 Å². The number of rotatable bonds is 5. The van der Waals surface area contributed by atoms with Gasteiger partial charge in [0, 0.05) is 18.9 Å². The second-order valence-corrected chi connectivity index (χ2v) is 6.79. The molecule has 1 saturated carbocycles. The molecule has 1 N–H and O–H groups in total. The van der Waals surface area contributed by atoms with Crippen LogP contribution in [-0.2, 0) is 4.79 Å². The maximum atomic E-state index is 12.5. The van der Waals surface area contributed by atoms with Gasteiger partial charge in [-0.1, -0.05) is 57.5 Å². The Morgan fingerprint density at radius 1 is 1.29 bits per heavy atom. The van der Waals surface area contributed by atoms with Gasteiger partial charge in [0.1, 0.15) is 0 Å². The molecule has 3 atom stereocenters. The fourth-order valence-corrected chi connectivity index (χ4v) is 3.49. The molecule has 1 aliphatic rings. The molecule has 1 radical (unpaired) electrons. The van der Waals surface area contributed by atoms with Crippen molar-refractivity contribution in [2.24, 2.45) is 23.7 Å². The minimum Gasteiger partial charge on any atom is -0.355 e. The minimum atomic E-state index is 0.193. The molecule has 1 aromatic carbocycles. The van der Waals surface area contributed by atoms with E-state index in [0.717, 1.165) is 12.0 Å². The van der Waals surface area contributed by atoms with Crippen molar-refractivity contribution in [1.29, 1.82) is 0 Å². The lowest BCUT2D eigenvalue weighted by atomic mass is 9.70. The second kappa shape index (κ2) is 7.63. The molecule has 1 amide bonds. The van der Waals surface area contributed by atoms with Crippen molar-refractivity contribution in [2.45, 2.75) is 40.0 Å². The van der Waals surface area contributed by atoms with E-state index in [1.165, 1.54) is 12.8 Å². The Hall–Kier alpha value is -1.31. The normalized spacial score (nSPS) is 25.8. The van der Waals surface area contributed by atoms with E-state index in [-0.39, 0.29) is 11.8 Å². The molecular weight excluding hydrogens is 258 g/mol. The number of benzene rings is 1. The van der Waals surface area contributed by atoms with Crippen molar-refractivity contribution in [2.75, 3.05) is 6.54 Å². The quantitative estimate of drug-likeness (QED) is 0.869. The molecule has 2 rings (SSSR count). The fourth-order valence-electron chi connectivity index (χ4n) is 3.49. The van der Waals surface area contributed by atoms with Gasteiger partial charge in [-0.25, -0.2) is 0 Å². The van der Waals surface area contributed by atoms with Gasteiger partial charge in [-0.3, -0.25) is 4.79 Å². The number of hydrogen-bond acceptors (Lipinski definition) is 1. The summed E-state index contributed by atoms with van der Waals surface area (Å²) in [5.74, 6) is 2.24. The number of carbonyl (C=O) groups is 1. The molecular formula is C19H28NO. The maximum absolute atomic E-state index is 12.5. The van der Waals surface area contributed by atoms with Gasteiger partial charge >= 0.3 is 0 Å². The lowest BCUT2D eigenvalue weighted by Crippen LogP contribution is -2.40. The van der Waals surface area contributed by atoms with E-state index >= 15 is 0 Å². The first-order valence-corrected chi connectivity index (χ1v) is 8.24. The summed E-state index contributed by atoms with van der Waals surface area (Å²) in [6.45, 7) is 7.39. The molecule has 2 heteroatoms. The van der Waals surface area contributed by atoms with E-state index in [1.807, 2.05) is 18.2 Å². The van der Waals surface area contributed by atoms with Crippen LogP contribution in [0, 0.1) is 30.1 Å². The molecule has 2 nitrogen and oxygen atoms in total. The lowest BCUT2D eigenvalue weighted by Gasteiger charge is -2.36. The molecule has 0 heterocycles. The first-order valence-electron chi connectivity index (χ1n) is 8.24. The fraction of sp³-hybridized carbons (Fsp3) is 0.579. The highest BCUT2D eigenvalue weighted by molar-refractivity contribution is 5.79. The van der Waals surface area contributed by atoms with Gasteiger partial charge < -0.3 is 5.32 Å². The van der Waals surface area contributed by atoms with Crippen LogP contribution in [0.3, 0.4) is 0 Å². The zero-order valence-electron chi connectivity index (χ0n) is 13.5. The lowest BCUT2D eigenvalue weighted by molar-refractivity contribution is -0.129. The van der Waals surface area contributed by atoms with Gasteiger partial charge in [-0.2, -0.15) is 0 Å². The van der Waals surface area contributed by atoms with Gasteiger partial charge in [-0.05, 0) is 36.2 Å². The summed E-state index contributed by atoms with van der Waals surface area (Å²) in [5, 5.41) is 3.11. The third-order valence-electron chi connectivity index (χ3n) is 4.77. The van der Waals surface area contributed by atoms with Crippen molar-refractivity contribution in [1.82, 2.24) is 5.32 Å². The SMILES string of the molecule is CC(C)[C@@H]1CC[C@@H](C)C[C@H]1C(=O)NC[CH]c1ccccc1. The molecule has 0 saturated heterocycles. The molecule has 1 aliphatic carbocycles. The van der Waals surface area contributed by atoms with Crippen molar-refractivity contribution in [3.05, 3.63) is 42.3 Å². The van der Waals surface area contributed by atoms with Crippen molar-refractivity contribution >= 4 is 5.91 Å². The predicted octanol–water partition coefficient (Wildman–Crippen LogP) is 4.06. The summed E-state index contributed by atoms with van der Waals surface area (Å²) in [7, 11) is 0. The van der Waals surface area contributed by atoms with Gasteiger partial charge in [0.2, 0.25) is 5.91 Å². The van der Waals surface area contributed by atoms with Crippen LogP contribution in [0.5, 0.6) is 0 Å². The Morgan fingerprint density at radius 2 is 2.00 bits per heavy atom. The van der Waals surface area contributed by atoms with Crippen LogP contribution >= 0.6 is 0 Å². The molecule has 1 fully saturated rings. The second-order valence-electron chi connectivity index (χ2n) is 6.79. The Kier molecular flexibility index (Phi) is 5.84. The van der Waals surface area contributed by atoms with Gasteiger partial charge in [0.15, 0.2) is 0 Å². The molecule has 0 spiro atoms. The minimum absolute atomic E-state index is 0.193. The van der Waals surface area contributed by atoms with Crippen LogP contribution in [0.25, 0.3) is 0 Å². The zero-order valence-corrected chi connectivity index (χ0v) is 13.5. The molecule has 115 valence electrons. The topological polar surface area (TPSA) is 29.1 Å². The van der Waals surface area contributed by atoms with Gasteiger partial charge in [0.25, 0.3) is 0 Å². The summed E-state index contributed by atoms with van der Waals surface area (Å²) >= 11 is 0. The standard InChI is InChI=1S/C19H28NO/c1-14(2)17-10-9-15(3)13-18(17)19(21)20-12-11-16-7-5-4-6-8-16/h4-8,11,14-15,17-18H,9-10,12-13H2,1-3H3,(H,20,21)/t15-,17+,18-/m1/s1. The molecule has 1 aromatic rings. The van der Waals surface area contributed by atoms with Gasteiger partial charge in [0.05, 0.1) is 0 Å². The number of hydrogen-bond donors (Lipinski definition) is 1. The van der Waals surface area contributed by atoms with E-state index in [4.69, 9.17) is 0 Å². The Labute approximate surface area is 129 Å². The first kappa shape index (κ1) is 16.1. The van der Waals surface area contributed by atoms with Crippen molar-refractivity contribution in [3.63, 3.8) is 0 Å². The number of carbonyl (C=O) groups excluding carboxylic acids is 1. The van der Waals surface area contributed by atoms with Crippen LogP contribution in [-0.4, -0.2) is 12.5 Å². The van der Waals surface area contributed by atoms with Gasteiger partial charge in [-0.15, -0.1) is 0 Å². The number of amides is 1. The summed E-state index contributed by atoms with van der Waals surface area (Å²) in [6.07, 6.45) is 5.58. The highest BCUT2D eigenvalue weighted by Crippen LogP contribution is 2.38. The largest absolute Gasteiger partial charge is 0.355 e. The van der Waals surface area contributed by atoms with E-state index in [0.29, 0.717) is 24.3 Å². The predicted molar refractivity (Wildman–Crippen MR) is 87.7 cm³/mol. The molecule has 0 aromatic heterocycles. The summed E-state index contributed by atoms with van der Waals surface area (Å²) in [6, 6.07) is 10.2. The Morgan fingerprint density at radius 3 is 2.67 bits per heavy atom. The highest BCUT2D eigenvalue weighted by Gasteiger charge is 2.35. The molecule has 0 aliphatic heterocycles. The smallest absolute Gasteiger partial charge is 0.223 e. The van der Waals surface area contributed by atoms with Crippen LogP contribution in [0.15, 0.2) is 30.3 Å². The molecule has 0 unspecified atom stereocenters. The summed E-state index contributed by atoms with van der Waals surface area (Å²) in [4.78, 5) is 12.5. The van der Waals surface area contributed by atoms with E-state index < -0.39 is 0 Å². The Bertz CT molecular complexity index is 440. The third-order valence-corrected chi connectivity index (χ3v) is 4.77.